The van der Waals surface area contributed by atoms with E-state index >= 15 is 0 Å². The third-order valence-electron chi connectivity index (χ3n) is 6.03. The number of carbonyl (C=O) groups excluding carboxylic acids is 3. The summed E-state index contributed by atoms with van der Waals surface area (Å²) in [6.45, 7) is 3.60. The monoisotopic (exact) mass is 407 g/mol. The maximum absolute atomic E-state index is 13.7. The lowest BCUT2D eigenvalue weighted by Gasteiger charge is -2.41. The van der Waals surface area contributed by atoms with Crippen molar-refractivity contribution in [2.45, 2.75) is 42.5 Å². The Morgan fingerprint density at radius 2 is 2.11 bits per heavy atom. The van der Waals surface area contributed by atoms with Crippen molar-refractivity contribution in [1.29, 1.82) is 0 Å². The van der Waals surface area contributed by atoms with Gasteiger partial charge < -0.3 is 14.5 Å². The van der Waals surface area contributed by atoms with Crippen molar-refractivity contribution in [3.8, 4) is 0 Å². The molecule has 4 aliphatic rings. The predicted molar refractivity (Wildman–Crippen MR) is 102 cm³/mol. The zero-order valence-corrected chi connectivity index (χ0v) is 17.2. The molecule has 0 aliphatic carbocycles. The average molecular weight is 408 g/mol. The molecule has 2 amide bonds. The zero-order valence-electron chi connectivity index (χ0n) is 15.5. The van der Waals surface area contributed by atoms with E-state index in [0.29, 0.717) is 6.42 Å². The quantitative estimate of drug-likeness (QED) is 0.547. The van der Waals surface area contributed by atoms with Crippen LogP contribution in [0.4, 0.5) is 0 Å². The van der Waals surface area contributed by atoms with Gasteiger partial charge in [0.1, 0.15) is 5.25 Å². The molecule has 0 saturated carbocycles. The molecule has 0 N–H and O–H groups in total. The first-order chi connectivity index (χ1) is 12.8. The molecule has 5 rings (SSSR count). The summed E-state index contributed by atoms with van der Waals surface area (Å²) in [5, 5.41) is -0.412. The number of carbonyl (C=O) groups is 3. The zero-order chi connectivity index (χ0) is 19.6. The molecular weight excluding hydrogens is 386 g/mol. The average Bonchev–Trinajstić information content (AvgIpc) is 2.92. The van der Waals surface area contributed by atoms with Crippen LogP contribution < -0.4 is 0 Å². The molecule has 1 aromatic rings. The largest absolute Gasteiger partial charge is 0.469 e. The number of esters is 1. The Morgan fingerprint density at radius 1 is 1.37 bits per heavy atom. The number of nitrogens with zero attached hydrogens (tertiary/aromatic N) is 3. The number of pyridine rings is 1. The van der Waals surface area contributed by atoms with Crippen LogP contribution in [0.5, 0.6) is 0 Å². The second-order valence-electron chi connectivity index (χ2n) is 7.56. The van der Waals surface area contributed by atoms with Crippen molar-refractivity contribution in [1.82, 2.24) is 14.8 Å². The summed E-state index contributed by atoms with van der Waals surface area (Å²) in [5.74, 6) is -0.597. The van der Waals surface area contributed by atoms with Gasteiger partial charge in [-0.2, -0.15) is 0 Å². The molecule has 0 aromatic carbocycles. The summed E-state index contributed by atoms with van der Waals surface area (Å²) in [6, 6.07) is 2.76. The van der Waals surface area contributed by atoms with E-state index in [-0.39, 0.29) is 23.8 Å². The molecule has 5 heterocycles. The Morgan fingerprint density at radius 3 is 2.74 bits per heavy atom. The minimum atomic E-state index is -1.01. The Labute approximate surface area is 165 Å². The van der Waals surface area contributed by atoms with Crippen LogP contribution in [0.2, 0.25) is 0 Å². The highest BCUT2D eigenvalue weighted by Gasteiger charge is 2.66. The third-order valence-corrected chi connectivity index (χ3v) is 9.51. The number of rotatable bonds is 2. The number of hydrogen-bond donors (Lipinski definition) is 0. The summed E-state index contributed by atoms with van der Waals surface area (Å²) in [5.41, 5.74) is -0.174. The minimum absolute atomic E-state index is 0.0684. The van der Waals surface area contributed by atoms with Gasteiger partial charge in [-0.1, -0.05) is 27.7 Å². The van der Waals surface area contributed by atoms with Crippen LogP contribution in [-0.4, -0.2) is 62.9 Å². The Hall–Kier alpha value is -1.74. The van der Waals surface area contributed by atoms with Crippen molar-refractivity contribution >= 4 is 39.4 Å². The van der Waals surface area contributed by atoms with Gasteiger partial charge in [-0.25, -0.2) is 0 Å². The van der Waals surface area contributed by atoms with Gasteiger partial charge in [0.05, 0.1) is 24.6 Å². The molecule has 27 heavy (non-hydrogen) atoms. The van der Waals surface area contributed by atoms with Crippen molar-refractivity contribution in [2.24, 2.45) is 5.41 Å². The number of hydrogen-bond acceptors (Lipinski definition) is 7. The molecule has 4 aliphatic heterocycles. The topological polar surface area (TPSA) is 79.8 Å². The van der Waals surface area contributed by atoms with E-state index < -0.39 is 21.6 Å². The van der Waals surface area contributed by atoms with Crippen LogP contribution in [0.1, 0.15) is 31.9 Å². The molecule has 7 nitrogen and oxygen atoms in total. The highest BCUT2D eigenvalue weighted by molar-refractivity contribution is 8.77. The van der Waals surface area contributed by atoms with Crippen molar-refractivity contribution in [3.05, 3.63) is 30.1 Å². The summed E-state index contributed by atoms with van der Waals surface area (Å²) >= 11 is 0. The standard InChI is InChI=1S/C18H21N3O4S2/c1-17(16(24)25-4)8-11-12-14(22)20(3)18(2,27-26-12)15(23)21(11)13(17)10-6-5-7-19-9-10/h5-7,9,11-13H,8H2,1-4H3. The van der Waals surface area contributed by atoms with Crippen LogP contribution in [0.25, 0.3) is 0 Å². The molecule has 5 unspecified atom stereocenters. The second-order valence-corrected chi connectivity index (χ2v) is 10.3. The molecule has 4 saturated heterocycles. The minimum Gasteiger partial charge on any atom is -0.469 e. The lowest BCUT2D eigenvalue weighted by molar-refractivity contribution is -0.155. The SMILES string of the molecule is COC(=O)C1(C)CC2C3SSC(C)(C(=O)N2C1c1cccnc1)N(C)C3=O. The summed E-state index contributed by atoms with van der Waals surface area (Å²) in [4.78, 5) is 45.9. The predicted octanol–water partition coefficient (Wildman–Crippen LogP) is 1.85. The van der Waals surface area contributed by atoms with Crippen molar-refractivity contribution in [3.63, 3.8) is 0 Å². The molecule has 4 fully saturated rings. The Balaban J connectivity index is 1.91. The Kier molecular flexibility index (Phi) is 4.23. The van der Waals surface area contributed by atoms with Crippen LogP contribution in [0, 0.1) is 5.41 Å². The van der Waals surface area contributed by atoms with E-state index in [1.807, 2.05) is 13.0 Å². The fraction of sp³-hybridized carbons (Fsp3) is 0.556. The summed E-state index contributed by atoms with van der Waals surface area (Å²) in [6.07, 6.45) is 3.71. The molecule has 1 aromatic heterocycles. The molecule has 2 bridgehead atoms. The van der Waals surface area contributed by atoms with Crippen LogP contribution in [0.3, 0.4) is 0 Å². The van der Waals surface area contributed by atoms with Crippen LogP contribution in [-0.2, 0) is 19.1 Å². The Bertz CT molecular complexity index is 822. The molecular formula is C18H21N3O4S2. The van der Waals surface area contributed by atoms with E-state index in [1.165, 1.54) is 28.7 Å². The third kappa shape index (κ3) is 2.37. The fourth-order valence-corrected chi connectivity index (χ4v) is 7.77. The van der Waals surface area contributed by atoms with Crippen molar-refractivity contribution < 1.29 is 19.1 Å². The lowest BCUT2D eigenvalue weighted by Crippen LogP contribution is -2.55. The van der Waals surface area contributed by atoms with Gasteiger partial charge in [-0.3, -0.25) is 19.4 Å². The molecule has 0 radical (unpaired) electrons. The van der Waals surface area contributed by atoms with E-state index in [1.54, 1.807) is 42.2 Å². The van der Waals surface area contributed by atoms with Gasteiger partial charge in [0, 0.05) is 19.4 Å². The maximum Gasteiger partial charge on any atom is 0.314 e. The van der Waals surface area contributed by atoms with E-state index in [9.17, 15) is 14.4 Å². The number of fused-ring (bicyclic) bond motifs is 2. The number of aromatic nitrogens is 1. The first-order valence-corrected chi connectivity index (χ1v) is 10.9. The van der Waals surface area contributed by atoms with Gasteiger partial charge in [0.2, 0.25) is 5.91 Å². The molecule has 9 heteroatoms. The number of methoxy groups -OCH3 is 1. The van der Waals surface area contributed by atoms with E-state index in [2.05, 4.69) is 4.98 Å². The highest BCUT2D eigenvalue weighted by Crippen LogP contribution is 2.60. The molecule has 5 atom stereocenters. The number of amides is 2. The van der Waals surface area contributed by atoms with Gasteiger partial charge in [0.15, 0.2) is 4.87 Å². The fourth-order valence-electron chi connectivity index (χ4n) is 4.45. The number of likely N-dealkylation sites (N-methyl/N-ethyl adjacent to an activating group) is 1. The summed E-state index contributed by atoms with van der Waals surface area (Å²) < 4.78 is 5.11. The van der Waals surface area contributed by atoms with Crippen molar-refractivity contribution in [2.75, 3.05) is 14.2 Å². The van der Waals surface area contributed by atoms with Crippen LogP contribution in [0.15, 0.2) is 24.5 Å². The molecule has 144 valence electrons. The van der Waals surface area contributed by atoms with Gasteiger partial charge >= 0.3 is 5.97 Å². The maximum atomic E-state index is 13.7. The first-order valence-electron chi connectivity index (χ1n) is 8.69. The first kappa shape index (κ1) is 18.6. The van der Waals surface area contributed by atoms with Gasteiger partial charge in [-0.15, -0.1) is 0 Å². The highest BCUT2D eigenvalue weighted by atomic mass is 33.1. The lowest BCUT2D eigenvalue weighted by atomic mass is 9.78. The van der Waals surface area contributed by atoms with E-state index in [0.717, 1.165) is 5.56 Å². The van der Waals surface area contributed by atoms with Gasteiger partial charge in [0.25, 0.3) is 5.91 Å². The summed E-state index contributed by atoms with van der Waals surface area (Å²) in [7, 11) is 5.90. The number of ether oxygens (including phenoxy) is 1. The molecule has 0 spiro atoms. The van der Waals surface area contributed by atoms with Crippen LogP contribution >= 0.6 is 21.6 Å². The normalized spacial score (nSPS) is 38.0. The second kappa shape index (κ2) is 6.13. The smallest absolute Gasteiger partial charge is 0.314 e. The van der Waals surface area contributed by atoms with Gasteiger partial charge in [-0.05, 0) is 31.9 Å². The van der Waals surface area contributed by atoms with E-state index in [4.69, 9.17) is 4.74 Å².